The highest BCUT2D eigenvalue weighted by Gasteiger charge is 2.23. The lowest BCUT2D eigenvalue weighted by Crippen LogP contribution is -2.04. The predicted octanol–water partition coefficient (Wildman–Crippen LogP) is 13.4. The molecule has 0 aliphatic rings. The fourth-order valence-corrected chi connectivity index (χ4v) is 7.80. The van der Waals surface area contributed by atoms with Crippen molar-refractivity contribution in [2.45, 2.75) is 0 Å². The molecule has 6 heteroatoms. The van der Waals surface area contributed by atoms with E-state index >= 15 is 0 Å². The van der Waals surface area contributed by atoms with Crippen LogP contribution in [0.25, 0.3) is 117 Å². The zero-order valence-corrected chi connectivity index (χ0v) is 29.8. The van der Waals surface area contributed by atoms with E-state index in [1.165, 1.54) is 12.1 Å². The normalized spacial score (nSPS) is 13.8. The Kier molecular flexibility index (Phi) is 5.32. The molecule has 0 saturated carbocycles. The molecule has 0 atom stereocenters. The van der Waals surface area contributed by atoms with Crippen LogP contribution < -0.4 is 0 Å². The lowest BCUT2D eigenvalue weighted by molar-refractivity contribution is 0.669. The number of aromatic nitrogens is 4. The summed E-state index contributed by atoms with van der Waals surface area (Å²) in [5, 5.41) is 2.08. The molecule has 0 fully saturated rings. The first kappa shape index (κ1) is 24.6. The first-order valence-electron chi connectivity index (χ1n) is 22.4. The minimum absolute atomic E-state index is 0.0344. The summed E-state index contributed by atoms with van der Waals surface area (Å²) in [6.07, 6.45) is 0. The standard InChI is InChI=1S/C51H30N4O2/c1-3-14-31(15-4-1)49-52-50(32-16-5-2-6-17-32)54-51(53-49)39-27-26-33(34-21-13-22-38-36-19-8-12-25-46(36)57-48(34)38)28-43(39)55-42-23-10-7-18-35(42)40-29-41-37-20-9-11-24-45(37)56-47(41)30-44(40)55/h1-30H/i7D,9D,18D,20D,23D,24D,29D,30D. The second-order valence-electron chi connectivity index (χ2n) is 13.7. The maximum atomic E-state index is 9.94. The van der Waals surface area contributed by atoms with Gasteiger partial charge in [-0.25, -0.2) is 15.0 Å². The summed E-state index contributed by atoms with van der Waals surface area (Å²) in [6, 6.07) is 39.1. The van der Waals surface area contributed by atoms with Crippen molar-refractivity contribution in [3.05, 3.63) is 182 Å². The van der Waals surface area contributed by atoms with Crippen LogP contribution >= 0.6 is 0 Å². The van der Waals surface area contributed by atoms with Gasteiger partial charge in [0.05, 0.1) is 27.7 Å². The topological polar surface area (TPSA) is 69.9 Å². The van der Waals surface area contributed by atoms with Crippen LogP contribution in [0.2, 0.25) is 0 Å². The van der Waals surface area contributed by atoms with E-state index in [2.05, 4.69) is 0 Å². The number of hydrogen-bond donors (Lipinski definition) is 0. The number of nitrogens with zero attached hydrogens (tertiary/aromatic N) is 4. The van der Waals surface area contributed by atoms with Crippen molar-refractivity contribution in [3.63, 3.8) is 0 Å². The molecule has 8 aromatic carbocycles. The van der Waals surface area contributed by atoms with Crippen LogP contribution in [0.15, 0.2) is 191 Å². The molecule has 12 rings (SSSR count). The number of benzene rings is 8. The van der Waals surface area contributed by atoms with Gasteiger partial charge in [-0.3, -0.25) is 0 Å². The molecule has 0 saturated heterocycles. The van der Waals surface area contributed by atoms with Crippen LogP contribution in [0, 0.1) is 0 Å². The Morgan fingerprint density at radius 3 is 1.93 bits per heavy atom. The molecular weight excluding hydrogens is 701 g/mol. The molecule has 0 bridgehead atoms. The summed E-state index contributed by atoms with van der Waals surface area (Å²) in [5.41, 5.74) is 5.23. The third-order valence-electron chi connectivity index (χ3n) is 10.4. The molecule has 4 heterocycles. The average Bonchev–Trinajstić information content (AvgIpc) is 4.04. The van der Waals surface area contributed by atoms with Gasteiger partial charge in [0.25, 0.3) is 0 Å². The third kappa shape index (κ3) is 4.94. The quantitative estimate of drug-likeness (QED) is 0.176. The first-order chi connectivity index (χ1) is 31.6. The van der Waals surface area contributed by atoms with E-state index in [0.29, 0.717) is 34.0 Å². The SMILES string of the molecule is [2H]c1cc([2H])c2oc3c([2H])c4c(c([2H])c3c2c1[2H])c1c([2H])c([2H])cc([2H])c1n4-c1cc(-c2cccc3c2oc2ccccc23)ccc1-c1nc(-c2ccccc2)nc(-c2ccccc2)n1. The Morgan fingerprint density at radius 2 is 1.12 bits per heavy atom. The minimum Gasteiger partial charge on any atom is -0.456 e. The number of furan rings is 2. The van der Waals surface area contributed by atoms with Crippen molar-refractivity contribution in [1.82, 2.24) is 19.5 Å². The molecule has 12 aromatic rings. The maximum Gasteiger partial charge on any atom is 0.166 e. The van der Waals surface area contributed by atoms with E-state index in [1.54, 1.807) is 4.57 Å². The molecule has 0 aliphatic heterocycles. The Hall–Kier alpha value is -7.83. The zero-order chi connectivity index (χ0) is 44.4. The van der Waals surface area contributed by atoms with Crippen LogP contribution in [0.5, 0.6) is 0 Å². The lowest BCUT2D eigenvalue weighted by Gasteiger charge is -2.16. The van der Waals surface area contributed by atoms with E-state index in [9.17, 15) is 5.48 Å². The first-order valence-corrected chi connectivity index (χ1v) is 18.4. The Labute approximate surface area is 337 Å². The second-order valence-corrected chi connectivity index (χ2v) is 13.7. The van der Waals surface area contributed by atoms with Gasteiger partial charge in [0, 0.05) is 60.6 Å². The Morgan fingerprint density at radius 1 is 0.421 bits per heavy atom. The van der Waals surface area contributed by atoms with Crippen molar-refractivity contribution in [2.24, 2.45) is 0 Å². The highest BCUT2D eigenvalue weighted by Crippen LogP contribution is 2.43. The Balaban J connectivity index is 1.26. The number of hydrogen-bond acceptors (Lipinski definition) is 5. The number of para-hydroxylation sites is 4. The predicted molar refractivity (Wildman–Crippen MR) is 230 cm³/mol. The highest BCUT2D eigenvalue weighted by atomic mass is 16.3. The van der Waals surface area contributed by atoms with Gasteiger partial charge in [-0.15, -0.1) is 0 Å². The molecule has 0 unspecified atom stereocenters. The molecule has 0 N–H and O–H groups in total. The van der Waals surface area contributed by atoms with Crippen molar-refractivity contribution in [1.29, 1.82) is 0 Å². The second kappa shape index (κ2) is 12.3. The van der Waals surface area contributed by atoms with Gasteiger partial charge in [-0.05, 0) is 41.9 Å². The van der Waals surface area contributed by atoms with Crippen molar-refractivity contribution >= 4 is 65.7 Å². The van der Waals surface area contributed by atoms with Crippen LogP contribution in [0.3, 0.4) is 0 Å². The van der Waals surface area contributed by atoms with Crippen LogP contribution in [-0.2, 0) is 0 Å². The molecule has 0 radical (unpaired) electrons. The Bertz CT molecular complexity index is 3940. The van der Waals surface area contributed by atoms with E-state index in [4.69, 9.17) is 29.3 Å². The molecule has 4 aromatic heterocycles. The van der Waals surface area contributed by atoms with E-state index in [1.807, 2.05) is 121 Å². The summed E-state index contributed by atoms with van der Waals surface area (Å²) >= 11 is 0. The van der Waals surface area contributed by atoms with E-state index in [-0.39, 0.29) is 97.9 Å². The lowest BCUT2D eigenvalue weighted by atomic mass is 9.99. The summed E-state index contributed by atoms with van der Waals surface area (Å²) < 4.78 is 87.8. The van der Waals surface area contributed by atoms with Gasteiger partial charge < -0.3 is 13.4 Å². The molecule has 0 aliphatic carbocycles. The van der Waals surface area contributed by atoms with Crippen molar-refractivity contribution in [3.8, 4) is 51.0 Å². The van der Waals surface area contributed by atoms with Gasteiger partial charge in [0.15, 0.2) is 17.5 Å². The minimum atomic E-state index is -0.271. The summed E-state index contributed by atoms with van der Waals surface area (Å²) in [4.78, 5) is 15.1. The summed E-state index contributed by atoms with van der Waals surface area (Å²) in [6.45, 7) is 0. The fraction of sp³-hybridized carbons (Fsp3) is 0. The van der Waals surface area contributed by atoms with Gasteiger partial charge in [0.2, 0.25) is 0 Å². The average molecular weight is 739 g/mol. The van der Waals surface area contributed by atoms with Crippen molar-refractivity contribution < 1.29 is 19.8 Å². The summed E-state index contributed by atoms with van der Waals surface area (Å²) in [5.74, 6) is 1.06. The van der Waals surface area contributed by atoms with Crippen LogP contribution in [-0.4, -0.2) is 19.5 Å². The molecule has 57 heavy (non-hydrogen) atoms. The van der Waals surface area contributed by atoms with E-state index < -0.39 is 0 Å². The van der Waals surface area contributed by atoms with Gasteiger partial charge in [0.1, 0.15) is 22.3 Å². The zero-order valence-electron chi connectivity index (χ0n) is 37.8. The third-order valence-corrected chi connectivity index (χ3v) is 10.4. The van der Waals surface area contributed by atoms with Crippen LogP contribution in [0.4, 0.5) is 0 Å². The number of fused-ring (bicyclic) bond motifs is 9. The smallest absolute Gasteiger partial charge is 0.166 e. The highest BCUT2D eigenvalue weighted by molar-refractivity contribution is 6.18. The summed E-state index contributed by atoms with van der Waals surface area (Å²) in [7, 11) is 0. The molecular formula is C51H30N4O2. The number of rotatable bonds is 5. The van der Waals surface area contributed by atoms with Gasteiger partial charge in [-0.1, -0.05) is 139 Å². The molecule has 0 amide bonds. The maximum absolute atomic E-state index is 9.94. The molecule has 266 valence electrons. The van der Waals surface area contributed by atoms with Crippen LogP contribution in [0.1, 0.15) is 11.0 Å². The largest absolute Gasteiger partial charge is 0.456 e. The fourth-order valence-electron chi connectivity index (χ4n) is 7.80. The van der Waals surface area contributed by atoms with Gasteiger partial charge >= 0.3 is 0 Å². The monoisotopic (exact) mass is 738 g/mol. The molecule has 6 nitrogen and oxygen atoms in total. The molecule has 0 spiro atoms. The van der Waals surface area contributed by atoms with Crippen molar-refractivity contribution in [2.75, 3.05) is 0 Å². The van der Waals surface area contributed by atoms with E-state index in [0.717, 1.165) is 33.0 Å². The van der Waals surface area contributed by atoms with Gasteiger partial charge in [-0.2, -0.15) is 0 Å².